The molecule has 0 radical (unpaired) electrons. The Bertz CT molecular complexity index is 866. The summed E-state index contributed by atoms with van der Waals surface area (Å²) < 4.78 is 11.2. The van der Waals surface area contributed by atoms with Crippen LogP contribution in [0.5, 0.6) is 11.5 Å². The van der Waals surface area contributed by atoms with Crippen LogP contribution < -0.4 is 14.8 Å². The molecule has 0 bridgehead atoms. The van der Waals surface area contributed by atoms with Gasteiger partial charge in [-0.15, -0.1) is 0 Å². The summed E-state index contributed by atoms with van der Waals surface area (Å²) in [6.07, 6.45) is 3.20. The molecular formula is C22H28N2O5. The Labute approximate surface area is 171 Å². The molecule has 1 amide bonds. The van der Waals surface area contributed by atoms with E-state index < -0.39 is 10.8 Å². The number of benzene rings is 2. The number of nitrogens with zero attached hydrogens (tertiary/aromatic N) is 1. The van der Waals surface area contributed by atoms with E-state index in [0.29, 0.717) is 23.7 Å². The van der Waals surface area contributed by atoms with Crippen LogP contribution in [0, 0.1) is 17.0 Å². The zero-order valence-electron chi connectivity index (χ0n) is 17.4. The second-order valence-electron chi connectivity index (χ2n) is 6.89. The summed E-state index contributed by atoms with van der Waals surface area (Å²) in [4.78, 5) is 23.5. The molecular weight excluding hydrogens is 372 g/mol. The first-order valence-electron chi connectivity index (χ1n) is 9.74. The number of para-hydroxylation sites is 1. The summed E-state index contributed by atoms with van der Waals surface area (Å²) in [6, 6.07) is 9.82. The molecule has 0 aliphatic rings. The lowest BCUT2D eigenvalue weighted by atomic mass is 10.0. The number of aryl methyl sites for hydroxylation is 1. The topological polar surface area (TPSA) is 90.7 Å². The molecule has 2 rings (SSSR count). The minimum atomic E-state index is -0.525. The Hall–Kier alpha value is -3.09. The molecule has 156 valence electrons. The van der Waals surface area contributed by atoms with Gasteiger partial charge < -0.3 is 14.8 Å². The van der Waals surface area contributed by atoms with E-state index in [1.165, 1.54) is 6.07 Å². The van der Waals surface area contributed by atoms with Gasteiger partial charge in [0, 0.05) is 5.56 Å². The van der Waals surface area contributed by atoms with Crippen LogP contribution in [0.15, 0.2) is 36.4 Å². The van der Waals surface area contributed by atoms with Gasteiger partial charge in [0.05, 0.1) is 24.7 Å². The molecule has 0 saturated heterocycles. The average molecular weight is 400 g/mol. The lowest BCUT2D eigenvalue weighted by Crippen LogP contribution is -2.27. The molecule has 29 heavy (non-hydrogen) atoms. The number of methoxy groups -OCH3 is 1. The van der Waals surface area contributed by atoms with Crippen molar-refractivity contribution in [2.24, 2.45) is 0 Å². The van der Waals surface area contributed by atoms with Crippen molar-refractivity contribution in [1.82, 2.24) is 5.32 Å². The number of hydrogen-bond acceptors (Lipinski definition) is 5. The first kappa shape index (κ1) is 22.2. The van der Waals surface area contributed by atoms with Gasteiger partial charge in [-0.2, -0.15) is 0 Å². The van der Waals surface area contributed by atoms with Crippen molar-refractivity contribution >= 4 is 11.6 Å². The zero-order chi connectivity index (χ0) is 21.4. The Kier molecular flexibility index (Phi) is 8.00. The first-order chi connectivity index (χ1) is 13.9. The van der Waals surface area contributed by atoms with Gasteiger partial charge in [0.25, 0.3) is 11.6 Å². The standard InChI is InChI=1S/C22H28N2O5/c1-5-6-7-13-29-19-12-11-17(14-20(19)28-4)16(3)23-22(25)18-10-8-9-15(2)21(18)24(26)27/h8-12,14,16H,5-7,13H2,1-4H3,(H,23,25). The fourth-order valence-corrected chi connectivity index (χ4v) is 3.05. The van der Waals surface area contributed by atoms with Crippen molar-refractivity contribution < 1.29 is 19.2 Å². The highest BCUT2D eigenvalue weighted by molar-refractivity contribution is 5.98. The van der Waals surface area contributed by atoms with Crippen molar-refractivity contribution in [3.8, 4) is 11.5 Å². The number of carbonyl (C=O) groups is 1. The maximum absolute atomic E-state index is 12.7. The second-order valence-corrected chi connectivity index (χ2v) is 6.89. The number of unbranched alkanes of at least 4 members (excludes halogenated alkanes) is 2. The number of nitro groups is 1. The van der Waals surface area contributed by atoms with Crippen molar-refractivity contribution in [3.63, 3.8) is 0 Å². The Balaban J connectivity index is 2.14. The highest BCUT2D eigenvalue weighted by Crippen LogP contribution is 2.31. The fraction of sp³-hybridized carbons (Fsp3) is 0.409. The molecule has 7 nitrogen and oxygen atoms in total. The maximum Gasteiger partial charge on any atom is 0.285 e. The lowest BCUT2D eigenvalue weighted by Gasteiger charge is -2.17. The Morgan fingerprint density at radius 3 is 2.62 bits per heavy atom. The quantitative estimate of drug-likeness (QED) is 0.345. The van der Waals surface area contributed by atoms with Crippen molar-refractivity contribution in [1.29, 1.82) is 0 Å². The molecule has 0 saturated carbocycles. The normalized spacial score (nSPS) is 11.6. The van der Waals surface area contributed by atoms with Crippen molar-refractivity contribution in [2.45, 2.75) is 46.1 Å². The summed E-state index contributed by atoms with van der Waals surface area (Å²) in [5, 5.41) is 14.2. The summed E-state index contributed by atoms with van der Waals surface area (Å²) >= 11 is 0. The lowest BCUT2D eigenvalue weighted by molar-refractivity contribution is -0.385. The number of ether oxygens (including phenoxy) is 2. The zero-order valence-corrected chi connectivity index (χ0v) is 17.4. The van der Waals surface area contributed by atoms with Gasteiger partial charge in [-0.1, -0.05) is 38.0 Å². The molecule has 0 heterocycles. The summed E-state index contributed by atoms with van der Waals surface area (Å²) in [6.45, 7) is 6.18. The minimum Gasteiger partial charge on any atom is -0.493 e. The van der Waals surface area contributed by atoms with Crippen LogP contribution in [-0.4, -0.2) is 24.5 Å². The van der Waals surface area contributed by atoms with E-state index in [1.54, 1.807) is 26.2 Å². The highest BCUT2D eigenvalue weighted by Gasteiger charge is 2.23. The average Bonchev–Trinajstić information content (AvgIpc) is 2.70. The van der Waals surface area contributed by atoms with Gasteiger partial charge in [0.1, 0.15) is 5.56 Å². The van der Waals surface area contributed by atoms with Gasteiger partial charge in [-0.3, -0.25) is 14.9 Å². The van der Waals surface area contributed by atoms with Crippen LogP contribution in [0.3, 0.4) is 0 Å². The predicted octanol–water partition coefficient (Wildman–Crippen LogP) is 4.97. The molecule has 0 aromatic heterocycles. The number of carbonyl (C=O) groups excluding carboxylic acids is 1. The van der Waals surface area contributed by atoms with E-state index in [-0.39, 0.29) is 17.3 Å². The summed E-state index contributed by atoms with van der Waals surface area (Å²) in [5.41, 5.74) is 1.13. The predicted molar refractivity (Wildman–Crippen MR) is 112 cm³/mol. The number of rotatable bonds is 10. The van der Waals surface area contributed by atoms with Crippen LogP contribution >= 0.6 is 0 Å². The molecule has 1 atom stereocenters. The third kappa shape index (κ3) is 5.70. The highest BCUT2D eigenvalue weighted by atomic mass is 16.6. The third-order valence-corrected chi connectivity index (χ3v) is 4.71. The molecule has 0 spiro atoms. The molecule has 0 aliphatic carbocycles. The first-order valence-corrected chi connectivity index (χ1v) is 9.74. The van der Waals surface area contributed by atoms with Crippen LogP contribution in [-0.2, 0) is 0 Å². The van der Waals surface area contributed by atoms with Gasteiger partial charge in [0.2, 0.25) is 0 Å². The SMILES string of the molecule is CCCCCOc1ccc(C(C)NC(=O)c2cccc(C)c2[N+](=O)[O-])cc1OC. The van der Waals surface area contributed by atoms with Gasteiger partial charge in [0.15, 0.2) is 11.5 Å². The third-order valence-electron chi connectivity index (χ3n) is 4.71. The molecule has 1 N–H and O–H groups in total. The van der Waals surface area contributed by atoms with E-state index in [9.17, 15) is 14.9 Å². The van der Waals surface area contributed by atoms with Crippen LogP contribution in [0.1, 0.15) is 60.6 Å². The number of nitro benzene ring substituents is 1. The van der Waals surface area contributed by atoms with Gasteiger partial charge in [-0.25, -0.2) is 0 Å². The molecule has 0 aliphatic heterocycles. The molecule has 2 aromatic rings. The van der Waals surface area contributed by atoms with E-state index in [1.807, 2.05) is 25.1 Å². The summed E-state index contributed by atoms with van der Waals surface area (Å²) in [5.74, 6) is 0.744. The molecule has 1 unspecified atom stereocenters. The Morgan fingerprint density at radius 1 is 1.21 bits per heavy atom. The number of hydrogen-bond donors (Lipinski definition) is 1. The maximum atomic E-state index is 12.7. The Morgan fingerprint density at radius 2 is 1.97 bits per heavy atom. The largest absolute Gasteiger partial charge is 0.493 e. The van der Waals surface area contributed by atoms with Gasteiger partial charge in [-0.05, 0) is 44.0 Å². The van der Waals surface area contributed by atoms with Crippen molar-refractivity contribution in [3.05, 3.63) is 63.2 Å². The summed E-state index contributed by atoms with van der Waals surface area (Å²) in [7, 11) is 1.57. The number of amides is 1. The van der Waals surface area contributed by atoms with E-state index in [2.05, 4.69) is 12.2 Å². The minimum absolute atomic E-state index is 0.0460. The second kappa shape index (κ2) is 10.5. The molecule has 7 heteroatoms. The van der Waals surface area contributed by atoms with Crippen LogP contribution in [0.2, 0.25) is 0 Å². The van der Waals surface area contributed by atoms with E-state index >= 15 is 0 Å². The molecule has 0 fully saturated rings. The fourth-order valence-electron chi connectivity index (χ4n) is 3.05. The monoisotopic (exact) mass is 400 g/mol. The van der Waals surface area contributed by atoms with E-state index in [0.717, 1.165) is 24.8 Å². The number of nitrogens with one attached hydrogen (secondary N) is 1. The van der Waals surface area contributed by atoms with Gasteiger partial charge >= 0.3 is 0 Å². The van der Waals surface area contributed by atoms with Crippen molar-refractivity contribution in [2.75, 3.05) is 13.7 Å². The van der Waals surface area contributed by atoms with E-state index in [4.69, 9.17) is 9.47 Å². The van der Waals surface area contributed by atoms with Crippen LogP contribution in [0.4, 0.5) is 5.69 Å². The van der Waals surface area contributed by atoms with Crippen LogP contribution in [0.25, 0.3) is 0 Å². The molecule has 2 aromatic carbocycles. The smallest absolute Gasteiger partial charge is 0.285 e.